The monoisotopic (exact) mass is 244 g/mol. The van der Waals surface area contributed by atoms with E-state index in [2.05, 4.69) is 5.32 Å². The van der Waals surface area contributed by atoms with Crippen molar-refractivity contribution in [3.05, 3.63) is 35.1 Å². The smallest absolute Gasteiger partial charge is 0.140 e. The van der Waals surface area contributed by atoms with E-state index in [-0.39, 0.29) is 5.56 Å². The first-order valence-corrected chi connectivity index (χ1v) is 6.68. The van der Waals surface area contributed by atoms with Crippen LogP contribution in [0.4, 0.5) is 4.39 Å². The summed E-state index contributed by atoms with van der Waals surface area (Å²) in [6.45, 7) is 0.739. The summed E-state index contributed by atoms with van der Waals surface area (Å²) in [7, 11) is 0. The predicted molar refractivity (Wildman–Crippen MR) is 67.2 cm³/mol. The van der Waals surface area contributed by atoms with E-state index in [1.807, 2.05) is 6.07 Å². The lowest BCUT2D eigenvalue weighted by molar-refractivity contribution is 0.350. The second-order valence-corrected chi connectivity index (χ2v) is 5.59. The Labute approximate surface area is 107 Å². The fourth-order valence-electron chi connectivity index (χ4n) is 3.51. The molecule has 18 heavy (non-hydrogen) atoms. The van der Waals surface area contributed by atoms with Crippen LogP contribution < -0.4 is 5.32 Å². The third-order valence-electron chi connectivity index (χ3n) is 4.46. The molecule has 1 N–H and O–H groups in total. The Morgan fingerprint density at radius 1 is 1.33 bits per heavy atom. The molecule has 0 aromatic heterocycles. The Morgan fingerprint density at radius 3 is 2.89 bits per heavy atom. The molecule has 1 aromatic carbocycles. The van der Waals surface area contributed by atoms with E-state index in [0.717, 1.165) is 23.9 Å². The molecule has 0 aliphatic heterocycles. The van der Waals surface area contributed by atoms with Crippen LogP contribution in [0.15, 0.2) is 18.2 Å². The maximum absolute atomic E-state index is 13.2. The molecule has 2 bridgehead atoms. The summed E-state index contributed by atoms with van der Waals surface area (Å²) in [6, 6.07) is 7.31. The van der Waals surface area contributed by atoms with Gasteiger partial charge in [-0.05, 0) is 48.8 Å². The number of hydrogen-bond donors (Lipinski definition) is 1. The van der Waals surface area contributed by atoms with Crippen molar-refractivity contribution in [3.63, 3.8) is 0 Å². The molecular formula is C15H17FN2. The third-order valence-corrected chi connectivity index (χ3v) is 4.46. The number of nitrogens with zero attached hydrogens (tertiary/aromatic N) is 1. The first-order valence-electron chi connectivity index (χ1n) is 6.68. The maximum Gasteiger partial charge on any atom is 0.140 e. The van der Waals surface area contributed by atoms with Gasteiger partial charge in [0.15, 0.2) is 0 Å². The van der Waals surface area contributed by atoms with Crippen LogP contribution in [0.5, 0.6) is 0 Å². The van der Waals surface area contributed by atoms with Crippen LogP contribution in [0, 0.1) is 29.0 Å². The van der Waals surface area contributed by atoms with E-state index in [0.29, 0.717) is 6.04 Å². The van der Waals surface area contributed by atoms with Gasteiger partial charge >= 0.3 is 0 Å². The SMILES string of the molecule is N#Cc1cc(CNC2CC3CCC2C3)ccc1F. The van der Waals surface area contributed by atoms with Crippen LogP contribution in [-0.4, -0.2) is 6.04 Å². The quantitative estimate of drug-likeness (QED) is 0.887. The minimum atomic E-state index is -0.429. The Hall–Kier alpha value is -1.40. The van der Waals surface area contributed by atoms with Crippen molar-refractivity contribution in [1.82, 2.24) is 5.32 Å². The molecule has 0 spiro atoms. The van der Waals surface area contributed by atoms with Crippen molar-refractivity contribution < 1.29 is 4.39 Å². The zero-order chi connectivity index (χ0) is 12.5. The fraction of sp³-hybridized carbons (Fsp3) is 0.533. The van der Waals surface area contributed by atoms with Gasteiger partial charge in [-0.2, -0.15) is 5.26 Å². The summed E-state index contributed by atoms with van der Waals surface area (Å²) in [5, 5.41) is 12.4. The third kappa shape index (κ3) is 2.13. The largest absolute Gasteiger partial charge is 0.310 e. The molecule has 3 rings (SSSR count). The lowest BCUT2D eigenvalue weighted by Crippen LogP contribution is -2.33. The van der Waals surface area contributed by atoms with E-state index in [4.69, 9.17) is 5.26 Å². The molecule has 3 atom stereocenters. The average molecular weight is 244 g/mol. The second kappa shape index (κ2) is 4.70. The normalized spacial score (nSPS) is 29.4. The highest BCUT2D eigenvalue weighted by atomic mass is 19.1. The van der Waals surface area contributed by atoms with Gasteiger partial charge in [-0.3, -0.25) is 0 Å². The molecule has 2 saturated carbocycles. The number of nitriles is 1. The van der Waals surface area contributed by atoms with Gasteiger partial charge < -0.3 is 5.32 Å². The van der Waals surface area contributed by atoms with Gasteiger partial charge in [-0.1, -0.05) is 12.5 Å². The lowest BCUT2D eigenvalue weighted by Gasteiger charge is -2.23. The number of halogens is 1. The number of nitrogens with one attached hydrogen (secondary N) is 1. The van der Waals surface area contributed by atoms with Crippen molar-refractivity contribution in [2.75, 3.05) is 0 Å². The second-order valence-electron chi connectivity index (χ2n) is 5.59. The highest BCUT2D eigenvalue weighted by Crippen LogP contribution is 2.44. The van der Waals surface area contributed by atoms with Gasteiger partial charge in [0.1, 0.15) is 11.9 Å². The summed E-state index contributed by atoms with van der Waals surface area (Å²) in [5.74, 6) is 1.34. The van der Waals surface area contributed by atoms with E-state index < -0.39 is 5.82 Å². The van der Waals surface area contributed by atoms with Crippen molar-refractivity contribution >= 4 is 0 Å². The summed E-state index contributed by atoms with van der Waals surface area (Å²) >= 11 is 0. The van der Waals surface area contributed by atoms with Gasteiger partial charge in [0.2, 0.25) is 0 Å². The molecule has 1 aromatic rings. The molecule has 0 radical (unpaired) electrons. The Bertz CT molecular complexity index is 492. The van der Waals surface area contributed by atoms with E-state index in [1.54, 1.807) is 12.1 Å². The van der Waals surface area contributed by atoms with Crippen molar-refractivity contribution in [2.24, 2.45) is 11.8 Å². The number of fused-ring (bicyclic) bond motifs is 2. The Morgan fingerprint density at radius 2 is 2.22 bits per heavy atom. The molecule has 0 saturated heterocycles. The van der Waals surface area contributed by atoms with Gasteiger partial charge in [0.05, 0.1) is 5.56 Å². The standard InChI is InChI=1S/C15H17FN2/c16-14-4-2-11(6-13(14)8-17)9-18-15-7-10-1-3-12(15)5-10/h2,4,6,10,12,15,18H,1,3,5,7,9H2. The van der Waals surface area contributed by atoms with Gasteiger partial charge in [0, 0.05) is 12.6 Å². The zero-order valence-electron chi connectivity index (χ0n) is 10.3. The molecule has 3 heteroatoms. The van der Waals surface area contributed by atoms with Crippen molar-refractivity contribution in [2.45, 2.75) is 38.3 Å². The van der Waals surface area contributed by atoms with Gasteiger partial charge in [-0.15, -0.1) is 0 Å². The van der Waals surface area contributed by atoms with Crippen LogP contribution in [0.2, 0.25) is 0 Å². The number of benzene rings is 1. The minimum Gasteiger partial charge on any atom is -0.310 e. The lowest BCUT2D eigenvalue weighted by atomic mass is 9.95. The molecule has 94 valence electrons. The highest BCUT2D eigenvalue weighted by molar-refractivity contribution is 5.34. The summed E-state index contributed by atoms with van der Waals surface area (Å²) < 4.78 is 13.2. The molecule has 0 amide bonds. The van der Waals surface area contributed by atoms with E-state index in [1.165, 1.54) is 31.7 Å². The molecular weight excluding hydrogens is 227 g/mol. The number of rotatable bonds is 3. The number of hydrogen-bond acceptors (Lipinski definition) is 2. The molecule has 2 aliphatic rings. The van der Waals surface area contributed by atoms with Crippen LogP contribution in [-0.2, 0) is 6.54 Å². The topological polar surface area (TPSA) is 35.8 Å². The van der Waals surface area contributed by atoms with Gasteiger partial charge in [-0.25, -0.2) is 4.39 Å². The van der Waals surface area contributed by atoms with E-state index >= 15 is 0 Å². The first-order chi connectivity index (χ1) is 8.76. The minimum absolute atomic E-state index is 0.141. The molecule has 3 unspecified atom stereocenters. The molecule has 2 nitrogen and oxygen atoms in total. The van der Waals surface area contributed by atoms with Crippen LogP contribution in [0.3, 0.4) is 0 Å². The first kappa shape index (κ1) is 11.7. The Kier molecular flexibility index (Phi) is 3.05. The Balaban J connectivity index is 1.62. The maximum atomic E-state index is 13.2. The van der Waals surface area contributed by atoms with Gasteiger partial charge in [0.25, 0.3) is 0 Å². The summed E-state index contributed by atoms with van der Waals surface area (Å²) in [4.78, 5) is 0. The molecule has 2 fully saturated rings. The van der Waals surface area contributed by atoms with Crippen LogP contribution in [0.1, 0.15) is 36.8 Å². The van der Waals surface area contributed by atoms with Crippen molar-refractivity contribution in [1.29, 1.82) is 5.26 Å². The summed E-state index contributed by atoms with van der Waals surface area (Å²) in [5.41, 5.74) is 1.14. The van der Waals surface area contributed by atoms with Crippen LogP contribution in [0.25, 0.3) is 0 Å². The van der Waals surface area contributed by atoms with Crippen molar-refractivity contribution in [3.8, 4) is 6.07 Å². The average Bonchev–Trinajstić information content (AvgIpc) is 3.00. The van der Waals surface area contributed by atoms with E-state index in [9.17, 15) is 4.39 Å². The predicted octanol–water partition coefficient (Wildman–Crippen LogP) is 2.98. The highest BCUT2D eigenvalue weighted by Gasteiger charge is 2.38. The molecule has 2 aliphatic carbocycles. The summed E-state index contributed by atoms with van der Waals surface area (Å²) in [6.07, 6.45) is 5.43. The molecule has 0 heterocycles. The fourth-order valence-corrected chi connectivity index (χ4v) is 3.51. The zero-order valence-corrected chi connectivity index (χ0v) is 10.3. The van der Waals surface area contributed by atoms with Crippen LogP contribution >= 0.6 is 0 Å².